The fourth-order valence-electron chi connectivity index (χ4n) is 4.29. The summed E-state index contributed by atoms with van der Waals surface area (Å²) in [5, 5.41) is 3.30. The van der Waals surface area contributed by atoms with Crippen LogP contribution < -0.4 is 15.0 Å². The molecule has 8 heteroatoms. The van der Waals surface area contributed by atoms with Crippen molar-refractivity contribution in [1.82, 2.24) is 5.32 Å². The molecular formula is C26H24F4N2O2. The van der Waals surface area contributed by atoms with Gasteiger partial charge in [-0.1, -0.05) is 24.3 Å². The number of anilines is 1. The summed E-state index contributed by atoms with van der Waals surface area (Å²) in [6.45, 7) is 1.88. The van der Waals surface area contributed by atoms with E-state index in [-0.39, 0.29) is 17.8 Å². The second-order valence-corrected chi connectivity index (χ2v) is 8.27. The van der Waals surface area contributed by atoms with E-state index in [0.717, 1.165) is 23.3 Å². The first-order valence-corrected chi connectivity index (χ1v) is 10.8. The number of hydrogen-bond acceptors (Lipinski definition) is 3. The largest absolute Gasteiger partial charge is 0.497 e. The Morgan fingerprint density at radius 1 is 1.03 bits per heavy atom. The van der Waals surface area contributed by atoms with E-state index < -0.39 is 23.8 Å². The van der Waals surface area contributed by atoms with Gasteiger partial charge in [-0.15, -0.1) is 0 Å². The third-order valence-electron chi connectivity index (χ3n) is 6.08. The Hall–Kier alpha value is -3.39. The van der Waals surface area contributed by atoms with E-state index in [1.807, 2.05) is 25.1 Å². The average Bonchev–Trinajstić information content (AvgIpc) is 3.14. The highest BCUT2D eigenvalue weighted by molar-refractivity contribution is 6.00. The average molecular weight is 472 g/mol. The minimum absolute atomic E-state index is 0.243. The number of benzene rings is 3. The molecule has 4 rings (SSSR count). The first kappa shape index (κ1) is 23.8. The number of carbonyl (C=O) groups excluding carboxylic acids is 1. The maximum atomic E-state index is 13.5. The molecule has 1 saturated heterocycles. The molecule has 3 aromatic rings. The molecule has 1 amide bonds. The molecule has 4 nitrogen and oxygen atoms in total. The minimum atomic E-state index is -4.46. The minimum Gasteiger partial charge on any atom is -0.497 e. The Morgan fingerprint density at radius 2 is 1.71 bits per heavy atom. The van der Waals surface area contributed by atoms with E-state index in [2.05, 4.69) is 5.32 Å². The van der Waals surface area contributed by atoms with Gasteiger partial charge < -0.3 is 9.64 Å². The number of carbonyl (C=O) groups is 1. The Kier molecular flexibility index (Phi) is 6.61. The first-order valence-electron chi connectivity index (χ1n) is 10.8. The summed E-state index contributed by atoms with van der Waals surface area (Å²) in [5.41, 5.74) is 1.23. The molecule has 0 radical (unpaired) electrons. The first-order chi connectivity index (χ1) is 16.2. The molecule has 0 aliphatic carbocycles. The van der Waals surface area contributed by atoms with Crippen LogP contribution >= 0.6 is 0 Å². The molecular weight excluding hydrogens is 448 g/mol. The quantitative estimate of drug-likeness (QED) is 0.444. The number of nitrogens with one attached hydrogen (secondary N) is 1. The Labute approximate surface area is 195 Å². The predicted octanol–water partition coefficient (Wildman–Crippen LogP) is 6.05. The SMILES string of the molecule is COc1cccc([C@H]2C[C@@H](N[C@H](C)c3ccc(F)cc3)C(=O)N2c2ccc(C(F)(F)F)cc2)c1. The highest BCUT2D eigenvalue weighted by Crippen LogP contribution is 2.40. The lowest BCUT2D eigenvalue weighted by Crippen LogP contribution is -2.39. The zero-order chi connectivity index (χ0) is 24.5. The molecule has 0 spiro atoms. The van der Waals surface area contributed by atoms with Crippen LogP contribution in [0.5, 0.6) is 5.75 Å². The van der Waals surface area contributed by atoms with E-state index in [0.29, 0.717) is 17.9 Å². The fourth-order valence-corrected chi connectivity index (χ4v) is 4.29. The molecule has 0 unspecified atom stereocenters. The number of alkyl halides is 3. The lowest BCUT2D eigenvalue weighted by molar-refractivity contribution is -0.137. The standard InChI is InChI=1S/C26H24F4N2O2/c1-16(17-6-10-20(27)11-7-17)31-23-15-24(18-4-3-5-22(14-18)34-2)32(25(23)33)21-12-8-19(9-13-21)26(28,29)30/h3-14,16,23-24,31H,15H2,1-2H3/t16-,23-,24-/m1/s1. The van der Waals surface area contributed by atoms with Crippen molar-refractivity contribution >= 4 is 11.6 Å². The summed E-state index contributed by atoms with van der Waals surface area (Å²) >= 11 is 0. The van der Waals surface area contributed by atoms with Gasteiger partial charge in [0.2, 0.25) is 5.91 Å². The van der Waals surface area contributed by atoms with Gasteiger partial charge in [-0.05, 0) is 73.0 Å². The molecule has 1 N–H and O–H groups in total. The van der Waals surface area contributed by atoms with Crippen LogP contribution in [-0.4, -0.2) is 19.1 Å². The van der Waals surface area contributed by atoms with Gasteiger partial charge in [0.1, 0.15) is 11.6 Å². The zero-order valence-electron chi connectivity index (χ0n) is 18.6. The Morgan fingerprint density at radius 3 is 2.32 bits per heavy atom. The summed E-state index contributed by atoms with van der Waals surface area (Å²) in [4.78, 5) is 15.0. The maximum Gasteiger partial charge on any atom is 0.416 e. The van der Waals surface area contributed by atoms with Gasteiger partial charge in [-0.25, -0.2) is 4.39 Å². The van der Waals surface area contributed by atoms with Crippen LogP contribution in [0.15, 0.2) is 72.8 Å². The summed E-state index contributed by atoms with van der Waals surface area (Å²) in [6.07, 6.45) is -4.06. The zero-order valence-corrected chi connectivity index (χ0v) is 18.6. The third-order valence-corrected chi connectivity index (χ3v) is 6.08. The summed E-state index contributed by atoms with van der Waals surface area (Å²) in [7, 11) is 1.54. The molecule has 1 aliphatic rings. The lowest BCUT2D eigenvalue weighted by atomic mass is 10.0. The van der Waals surface area contributed by atoms with Crippen molar-refractivity contribution in [1.29, 1.82) is 0 Å². The van der Waals surface area contributed by atoms with E-state index in [9.17, 15) is 22.4 Å². The third kappa shape index (κ3) is 4.92. The molecule has 0 saturated carbocycles. The monoisotopic (exact) mass is 472 g/mol. The van der Waals surface area contributed by atoms with E-state index in [1.165, 1.54) is 29.2 Å². The summed E-state index contributed by atoms with van der Waals surface area (Å²) < 4.78 is 57.8. The van der Waals surface area contributed by atoms with Gasteiger partial charge in [0.25, 0.3) is 0 Å². The lowest BCUT2D eigenvalue weighted by Gasteiger charge is -2.26. The number of halogens is 4. The van der Waals surface area contributed by atoms with E-state index in [4.69, 9.17) is 4.74 Å². The van der Waals surface area contributed by atoms with Gasteiger partial charge in [0.15, 0.2) is 0 Å². The number of hydrogen-bond donors (Lipinski definition) is 1. The predicted molar refractivity (Wildman–Crippen MR) is 121 cm³/mol. The molecule has 178 valence electrons. The van der Waals surface area contributed by atoms with Crippen molar-refractivity contribution in [3.8, 4) is 5.75 Å². The molecule has 3 aromatic carbocycles. The second-order valence-electron chi connectivity index (χ2n) is 8.27. The molecule has 3 atom stereocenters. The van der Waals surface area contributed by atoms with Crippen LogP contribution in [-0.2, 0) is 11.0 Å². The smallest absolute Gasteiger partial charge is 0.416 e. The molecule has 1 heterocycles. The number of nitrogens with zero attached hydrogens (tertiary/aromatic N) is 1. The molecule has 1 aliphatic heterocycles. The topological polar surface area (TPSA) is 41.6 Å². The Balaban J connectivity index is 1.66. The molecule has 0 bridgehead atoms. The molecule has 34 heavy (non-hydrogen) atoms. The number of methoxy groups -OCH3 is 1. The fraction of sp³-hybridized carbons (Fsp3) is 0.269. The van der Waals surface area contributed by atoms with E-state index in [1.54, 1.807) is 25.3 Å². The van der Waals surface area contributed by atoms with Gasteiger partial charge in [0, 0.05) is 11.7 Å². The summed E-state index contributed by atoms with van der Waals surface area (Å²) in [6, 6.07) is 16.7. The van der Waals surface area contributed by atoms with Crippen molar-refractivity contribution in [2.75, 3.05) is 12.0 Å². The number of rotatable bonds is 6. The molecule has 1 fully saturated rings. The number of ether oxygens (including phenoxy) is 1. The van der Waals surface area contributed by atoms with Crippen LogP contribution in [0, 0.1) is 5.82 Å². The van der Waals surface area contributed by atoms with Gasteiger partial charge in [-0.3, -0.25) is 10.1 Å². The Bertz CT molecular complexity index is 1150. The highest BCUT2D eigenvalue weighted by atomic mass is 19.4. The van der Waals surface area contributed by atoms with Crippen LogP contribution in [0.1, 0.15) is 42.1 Å². The maximum absolute atomic E-state index is 13.5. The van der Waals surface area contributed by atoms with Crippen LogP contribution in [0.3, 0.4) is 0 Å². The van der Waals surface area contributed by atoms with Gasteiger partial charge in [0.05, 0.1) is 24.8 Å². The van der Waals surface area contributed by atoms with Crippen LogP contribution in [0.4, 0.5) is 23.2 Å². The van der Waals surface area contributed by atoms with Crippen LogP contribution in [0.2, 0.25) is 0 Å². The van der Waals surface area contributed by atoms with Crippen molar-refractivity contribution in [2.24, 2.45) is 0 Å². The summed E-state index contributed by atoms with van der Waals surface area (Å²) in [5.74, 6) is 0.0226. The number of amides is 1. The molecule has 0 aromatic heterocycles. The van der Waals surface area contributed by atoms with Crippen molar-refractivity contribution in [3.05, 3.63) is 95.3 Å². The van der Waals surface area contributed by atoms with Crippen LogP contribution in [0.25, 0.3) is 0 Å². The van der Waals surface area contributed by atoms with Crippen molar-refractivity contribution < 1.29 is 27.1 Å². The second kappa shape index (κ2) is 9.46. The van der Waals surface area contributed by atoms with Crippen molar-refractivity contribution in [3.63, 3.8) is 0 Å². The van der Waals surface area contributed by atoms with Gasteiger partial charge in [-0.2, -0.15) is 13.2 Å². The van der Waals surface area contributed by atoms with E-state index >= 15 is 0 Å². The van der Waals surface area contributed by atoms with Gasteiger partial charge >= 0.3 is 6.18 Å². The normalized spacial score (nSPS) is 19.4. The van der Waals surface area contributed by atoms with Crippen molar-refractivity contribution in [2.45, 2.75) is 37.6 Å². The highest BCUT2D eigenvalue weighted by Gasteiger charge is 2.42.